The van der Waals surface area contributed by atoms with Crippen LogP contribution in [0.1, 0.15) is 24.1 Å². The van der Waals surface area contributed by atoms with E-state index in [4.69, 9.17) is 9.84 Å². The summed E-state index contributed by atoms with van der Waals surface area (Å²) in [7, 11) is 1.66. The quantitative estimate of drug-likeness (QED) is 0.877. The van der Waals surface area contributed by atoms with Gasteiger partial charge in [-0.1, -0.05) is 12.1 Å². The van der Waals surface area contributed by atoms with Gasteiger partial charge in [-0.25, -0.2) is 0 Å². The molecule has 17 heavy (non-hydrogen) atoms. The SMILES string of the molecule is COc1ccc([C@@H](C)n2ccc(CO)c2)cc1. The van der Waals surface area contributed by atoms with Gasteiger partial charge < -0.3 is 14.4 Å². The van der Waals surface area contributed by atoms with E-state index < -0.39 is 0 Å². The van der Waals surface area contributed by atoms with Gasteiger partial charge in [0.2, 0.25) is 0 Å². The van der Waals surface area contributed by atoms with Crippen LogP contribution in [0, 0.1) is 0 Å². The summed E-state index contributed by atoms with van der Waals surface area (Å²) in [6, 6.07) is 10.2. The molecule has 2 aromatic rings. The van der Waals surface area contributed by atoms with E-state index in [1.54, 1.807) is 7.11 Å². The molecule has 0 aliphatic rings. The molecular formula is C14H17NO2. The first-order valence-electron chi connectivity index (χ1n) is 5.65. The van der Waals surface area contributed by atoms with Crippen LogP contribution in [-0.2, 0) is 6.61 Å². The Bertz CT molecular complexity index is 473. The lowest BCUT2D eigenvalue weighted by Crippen LogP contribution is -2.04. The second kappa shape index (κ2) is 5.06. The van der Waals surface area contributed by atoms with Gasteiger partial charge in [-0.3, -0.25) is 0 Å². The van der Waals surface area contributed by atoms with Gasteiger partial charge in [0.1, 0.15) is 5.75 Å². The Hall–Kier alpha value is -1.74. The largest absolute Gasteiger partial charge is 0.497 e. The molecule has 0 radical (unpaired) electrons. The van der Waals surface area contributed by atoms with Crippen molar-refractivity contribution in [2.75, 3.05) is 7.11 Å². The molecule has 0 aliphatic carbocycles. The maximum absolute atomic E-state index is 9.04. The lowest BCUT2D eigenvalue weighted by molar-refractivity contribution is 0.281. The fourth-order valence-electron chi connectivity index (χ4n) is 1.85. The molecule has 1 aromatic carbocycles. The molecule has 1 N–H and O–H groups in total. The molecule has 3 heteroatoms. The summed E-state index contributed by atoms with van der Waals surface area (Å²) in [5.74, 6) is 0.865. The van der Waals surface area contributed by atoms with E-state index in [1.807, 2.05) is 30.6 Å². The molecule has 1 heterocycles. The smallest absolute Gasteiger partial charge is 0.118 e. The van der Waals surface area contributed by atoms with Crippen LogP contribution in [0.3, 0.4) is 0 Å². The number of benzene rings is 1. The number of rotatable bonds is 4. The highest BCUT2D eigenvalue weighted by molar-refractivity contribution is 5.29. The van der Waals surface area contributed by atoms with E-state index in [0.717, 1.165) is 11.3 Å². The molecule has 0 saturated heterocycles. The van der Waals surface area contributed by atoms with Gasteiger partial charge in [0, 0.05) is 12.4 Å². The number of hydrogen-bond acceptors (Lipinski definition) is 2. The van der Waals surface area contributed by atoms with Gasteiger partial charge in [-0.05, 0) is 36.2 Å². The molecule has 0 saturated carbocycles. The van der Waals surface area contributed by atoms with Gasteiger partial charge in [-0.2, -0.15) is 0 Å². The van der Waals surface area contributed by atoms with Crippen molar-refractivity contribution in [3.63, 3.8) is 0 Å². The predicted molar refractivity (Wildman–Crippen MR) is 67.2 cm³/mol. The molecule has 1 aromatic heterocycles. The lowest BCUT2D eigenvalue weighted by Gasteiger charge is -2.14. The molecule has 2 rings (SSSR count). The average molecular weight is 231 g/mol. The third kappa shape index (κ3) is 2.50. The molecule has 0 aliphatic heterocycles. The summed E-state index contributed by atoms with van der Waals surface area (Å²) in [6.45, 7) is 2.21. The zero-order valence-corrected chi connectivity index (χ0v) is 10.1. The van der Waals surface area contributed by atoms with Crippen molar-refractivity contribution in [1.82, 2.24) is 4.57 Å². The van der Waals surface area contributed by atoms with Crippen molar-refractivity contribution in [1.29, 1.82) is 0 Å². The van der Waals surface area contributed by atoms with Crippen LogP contribution in [0.4, 0.5) is 0 Å². The van der Waals surface area contributed by atoms with E-state index in [0.29, 0.717) is 0 Å². The fourth-order valence-corrected chi connectivity index (χ4v) is 1.85. The molecule has 1 atom stereocenters. The number of nitrogens with zero attached hydrogens (tertiary/aromatic N) is 1. The molecule has 0 amide bonds. The highest BCUT2D eigenvalue weighted by Crippen LogP contribution is 2.21. The van der Waals surface area contributed by atoms with E-state index in [2.05, 4.69) is 23.6 Å². The van der Waals surface area contributed by atoms with E-state index in [1.165, 1.54) is 5.56 Å². The molecule has 90 valence electrons. The molecule has 0 bridgehead atoms. The Morgan fingerprint density at radius 2 is 1.94 bits per heavy atom. The van der Waals surface area contributed by atoms with Gasteiger partial charge in [0.05, 0.1) is 19.8 Å². The fraction of sp³-hybridized carbons (Fsp3) is 0.286. The van der Waals surface area contributed by atoms with Crippen LogP contribution in [0.15, 0.2) is 42.7 Å². The molecule has 3 nitrogen and oxygen atoms in total. The van der Waals surface area contributed by atoms with Crippen LogP contribution >= 0.6 is 0 Å². The third-order valence-electron chi connectivity index (χ3n) is 3.00. The Kier molecular flexibility index (Phi) is 3.49. The average Bonchev–Trinajstić information content (AvgIpc) is 2.87. The zero-order valence-electron chi connectivity index (χ0n) is 10.1. The summed E-state index contributed by atoms with van der Waals surface area (Å²) in [5, 5.41) is 9.04. The lowest BCUT2D eigenvalue weighted by atomic mass is 10.1. The monoisotopic (exact) mass is 231 g/mol. The molecule has 0 fully saturated rings. The van der Waals surface area contributed by atoms with Crippen LogP contribution < -0.4 is 4.74 Å². The Labute approximate surface area is 101 Å². The highest BCUT2D eigenvalue weighted by Gasteiger charge is 2.07. The van der Waals surface area contributed by atoms with Crippen molar-refractivity contribution >= 4 is 0 Å². The first kappa shape index (κ1) is 11.7. The second-order valence-corrected chi connectivity index (χ2v) is 4.07. The summed E-state index contributed by atoms with van der Waals surface area (Å²) < 4.78 is 7.23. The van der Waals surface area contributed by atoms with E-state index >= 15 is 0 Å². The first-order chi connectivity index (χ1) is 8.24. The number of aromatic nitrogens is 1. The Morgan fingerprint density at radius 3 is 2.47 bits per heavy atom. The third-order valence-corrected chi connectivity index (χ3v) is 3.00. The molecular weight excluding hydrogens is 214 g/mol. The van der Waals surface area contributed by atoms with Crippen LogP contribution in [0.2, 0.25) is 0 Å². The predicted octanol–water partition coefficient (Wildman–Crippen LogP) is 2.60. The summed E-state index contributed by atoms with van der Waals surface area (Å²) in [5.41, 5.74) is 2.15. The molecule has 0 unspecified atom stereocenters. The van der Waals surface area contributed by atoms with Crippen LogP contribution in [-0.4, -0.2) is 16.8 Å². The Balaban J connectivity index is 2.20. The maximum atomic E-state index is 9.04. The standard InChI is InChI=1S/C14H17NO2/c1-11(15-8-7-12(9-15)10-16)13-3-5-14(17-2)6-4-13/h3-9,11,16H,10H2,1-2H3/t11-/m1/s1. The minimum absolute atomic E-state index is 0.0856. The van der Waals surface area contributed by atoms with Crippen molar-refractivity contribution in [2.45, 2.75) is 19.6 Å². The minimum Gasteiger partial charge on any atom is -0.497 e. The molecule has 0 spiro atoms. The summed E-state index contributed by atoms with van der Waals surface area (Å²) in [6.07, 6.45) is 3.95. The van der Waals surface area contributed by atoms with Crippen LogP contribution in [0.25, 0.3) is 0 Å². The van der Waals surface area contributed by atoms with Gasteiger partial charge in [0.15, 0.2) is 0 Å². The minimum atomic E-state index is 0.0856. The van der Waals surface area contributed by atoms with Gasteiger partial charge >= 0.3 is 0 Å². The topological polar surface area (TPSA) is 34.4 Å². The van der Waals surface area contributed by atoms with Crippen molar-refractivity contribution in [3.8, 4) is 5.75 Å². The number of ether oxygens (including phenoxy) is 1. The second-order valence-electron chi connectivity index (χ2n) is 4.07. The van der Waals surface area contributed by atoms with Crippen molar-refractivity contribution in [2.24, 2.45) is 0 Å². The maximum Gasteiger partial charge on any atom is 0.118 e. The Morgan fingerprint density at radius 1 is 1.24 bits per heavy atom. The van der Waals surface area contributed by atoms with E-state index in [9.17, 15) is 0 Å². The first-order valence-corrected chi connectivity index (χ1v) is 5.65. The number of aliphatic hydroxyl groups excluding tert-OH is 1. The van der Waals surface area contributed by atoms with Gasteiger partial charge in [-0.15, -0.1) is 0 Å². The number of aliphatic hydroxyl groups is 1. The van der Waals surface area contributed by atoms with Crippen molar-refractivity contribution < 1.29 is 9.84 Å². The highest BCUT2D eigenvalue weighted by atomic mass is 16.5. The summed E-state index contributed by atoms with van der Waals surface area (Å²) in [4.78, 5) is 0. The normalized spacial score (nSPS) is 12.4. The van der Waals surface area contributed by atoms with Crippen LogP contribution in [0.5, 0.6) is 5.75 Å². The number of methoxy groups -OCH3 is 1. The van der Waals surface area contributed by atoms with E-state index in [-0.39, 0.29) is 12.6 Å². The zero-order chi connectivity index (χ0) is 12.3. The summed E-state index contributed by atoms with van der Waals surface area (Å²) >= 11 is 0. The van der Waals surface area contributed by atoms with Crippen molar-refractivity contribution in [3.05, 3.63) is 53.9 Å². The van der Waals surface area contributed by atoms with Gasteiger partial charge in [0.25, 0.3) is 0 Å². The number of hydrogen-bond donors (Lipinski definition) is 1.